The van der Waals surface area contributed by atoms with Crippen molar-refractivity contribution < 1.29 is 13.6 Å². The maximum absolute atomic E-state index is 12.3. The zero-order chi connectivity index (χ0) is 17.2. The molecule has 124 valence electrons. The van der Waals surface area contributed by atoms with E-state index < -0.39 is 5.91 Å². The van der Waals surface area contributed by atoms with Crippen LogP contribution in [0.1, 0.15) is 10.6 Å². The van der Waals surface area contributed by atoms with Crippen molar-refractivity contribution in [3.05, 3.63) is 60.4 Å². The van der Waals surface area contributed by atoms with Gasteiger partial charge in [0.05, 0.1) is 0 Å². The minimum Gasteiger partial charge on any atom is -0.451 e. The van der Waals surface area contributed by atoms with E-state index in [-0.39, 0.29) is 11.8 Å². The molecule has 7 heteroatoms. The van der Waals surface area contributed by atoms with E-state index in [0.717, 1.165) is 15.8 Å². The van der Waals surface area contributed by atoms with Gasteiger partial charge in [0.15, 0.2) is 5.76 Å². The number of nitrogens with one attached hydrogen (secondary N) is 1. The standard InChI is InChI=1S/C18H13N3O3S/c1-25-13-8-6-11(7-9-13)17-20-21-18(24-17)19-16(22)15-10-12-4-2-3-5-14(12)23-15/h2-10H,1H3,(H,19,21,22). The quantitative estimate of drug-likeness (QED) is 0.547. The highest BCUT2D eigenvalue weighted by molar-refractivity contribution is 7.98. The number of hydrogen-bond donors (Lipinski definition) is 1. The molecule has 0 aliphatic carbocycles. The number of anilines is 1. The molecule has 4 rings (SSSR count). The first-order valence-corrected chi connectivity index (χ1v) is 8.73. The van der Waals surface area contributed by atoms with Crippen LogP contribution in [0.4, 0.5) is 6.01 Å². The Morgan fingerprint density at radius 3 is 2.60 bits per heavy atom. The van der Waals surface area contributed by atoms with Crippen molar-refractivity contribution in [2.24, 2.45) is 0 Å². The summed E-state index contributed by atoms with van der Waals surface area (Å²) in [5, 5.41) is 11.2. The van der Waals surface area contributed by atoms with Crippen molar-refractivity contribution in [1.82, 2.24) is 10.2 Å². The van der Waals surface area contributed by atoms with Crippen LogP contribution in [0.15, 0.2) is 68.3 Å². The minimum atomic E-state index is -0.441. The first-order chi connectivity index (χ1) is 12.2. The molecule has 1 N–H and O–H groups in total. The fourth-order valence-corrected chi connectivity index (χ4v) is 2.78. The van der Waals surface area contributed by atoms with Gasteiger partial charge in [-0.25, -0.2) is 0 Å². The van der Waals surface area contributed by atoms with E-state index in [1.807, 2.05) is 48.7 Å². The number of carbonyl (C=O) groups is 1. The summed E-state index contributed by atoms with van der Waals surface area (Å²) < 4.78 is 11.0. The molecule has 2 aromatic carbocycles. The zero-order valence-corrected chi connectivity index (χ0v) is 14.0. The van der Waals surface area contributed by atoms with Crippen LogP contribution in [0, 0.1) is 0 Å². The topological polar surface area (TPSA) is 81.2 Å². The lowest BCUT2D eigenvalue weighted by Gasteiger charge is -1.98. The summed E-state index contributed by atoms with van der Waals surface area (Å²) in [6.07, 6.45) is 2.01. The van der Waals surface area contributed by atoms with Crippen LogP contribution in [0.25, 0.3) is 22.4 Å². The smallest absolute Gasteiger partial charge is 0.322 e. The molecular formula is C18H13N3O3S. The van der Waals surface area contributed by atoms with E-state index in [0.29, 0.717) is 11.5 Å². The molecule has 0 aliphatic heterocycles. The Bertz CT molecular complexity index is 1000. The van der Waals surface area contributed by atoms with Crippen molar-refractivity contribution >= 4 is 34.7 Å². The van der Waals surface area contributed by atoms with Crippen LogP contribution in [0.3, 0.4) is 0 Å². The summed E-state index contributed by atoms with van der Waals surface area (Å²) in [6.45, 7) is 0. The summed E-state index contributed by atoms with van der Waals surface area (Å²) in [6, 6.07) is 16.8. The highest BCUT2D eigenvalue weighted by Crippen LogP contribution is 2.24. The number of furan rings is 1. The molecule has 4 aromatic rings. The van der Waals surface area contributed by atoms with Gasteiger partial charge in [-0.05, 0) is 42.7 Å². The second-order valence-corrected chi connectivity index (χ2v) is 6.12. The molecule has 0 fully saturated rings. The van der Waals surface area contributed by atoms with E-state index in [9.17, 15) is 4.79 Å². The number of amides is 1. The van der Waals surface area contributed by atoms with Crippen LogP contribution in [0.2, 0.25) is 0 Å². The Labute approximate surface area is 147 Å². The predicted molar refractivity (Wildman–Crippen MR) is 95.7 cm³/mol. The second-order valence-electron chi connectivity index (χ2n) is 5.24. The maximum atomic E-state index is 12.3. The van der Waals surface area contributed by atoms with Gasteiger partial charge >= 0.3 is 6.01 Å². The average molecular weight is 351 g/mol. The number of thioether (sulfide) groups is 1. The van der Waals surface area contributed by atoms with Gasteiger partial charge in [0.1, 0.15) is 5.58 Å². The summed E-state index contributed by atoms with van der Waals surface area (Å²) in [7, 11) is 0. The van der Waals surface area contributed by atoms with Crippen LogP contribution in [-0.4, -0.2) is 22.4 Å². The number of nitrogens with zero attached hydrogens (tertiary/aromatic N) is 2. The highest BCUT2D eigenvalue weighted by Gasteiger charge is 2.16. The third kappa shape index (κ3) is 3.14. The van der Waals surface area contributed by atoms with Crippen molar-refractivity contribution in [2.75, 3.05) is 11.6 Å². The molecule has 0 radical (unpaired) electrons. The lowest BCUT2D eigenvalue weighted by atomic mass is 10.2. The first-order valence-electron chi connectivity index (χ1n) is 7.51. The monoisotopic (exact) mass is 351 g/mol. The molecule has 1 amide bonds. The van der Waals surface area contributed by atoms with Gasteiger partial charge in [-0.3, -0.25) is 10.1 Å². The zero-order valence-electron chi connectivity index (χ0n) is 13.2. The number of hydrogen-bond acceptors (Lipinski definition) is 6. The third-order valence-corrected chi connectivity index (χ3v) is 4.38. The maximum Gasteiger partial charge on any atom is 0.322 e. The molecule has 0 bridgehead atoms. The molecule has 0 saturated heterocycles. The molecular weight excluding hydrogens is 338 g/mol. The largest absolute Gasteiger partial charge is 0.451 e. The normalized spacial score (nSPS) is 10.9. The Morgan fingerprint density at radius 2 is 1.84 bits per heavy atom. The van der Waals surface area contributed by atoms with Crippen molar-refractivity contribution in [2.45, 2.75) is 4.90 Å². The first kappa shape index (κ1) is 15.5. The number of carbonyl (C=O) groups excluding carboxylic acids is 1. The van der Waals surface area contributed by atoms with Crippen molar-refractivity contribution in [1.29, 1.82) is 0 Å². The van der Waals surface area contributed by atoms with Gasteiger partial charge in [-0.2, -0.15) is 0 Å². The summed E-state index contributed by atoms with van der Waals surface area (Å²) in [5.41, 5.74) is 1.43. The van der Waals surface area contributed by atoms with Gasteiger partial charge in [0, 0.05) is 15.8 Å². The third-order valence-electron chi connectivity index (χ3n) is 3.63. The fraction of sp³-hybridized carbons (Fsp3) is 0.0556. The summed E-state index contributed by atoms with van der Waals surface area (Å²) in [5.74, 6) is 0.0852. The van der Waals surface area contributed by atoms with Crippen molar-refractivity contribution in [3.63, 3.8) is 0 Å². The molecule has 2 heterocycles. The van der Waals surface area contributed by atoms with Crippen molar-refractivity contribution in [3.8, 4) is 11.5 Å². The summed E-state index contributed by atoms with van der Waals surface area (Å²) >= 11 is 1.65. The summed E-state index contributed by atoms with van der Waals surface area (Å²) in [4.78, 5) is 13.4. The predicted octanol–water partition coefficient (Wildman–Crippen LogP) is 4.46. The Balaban J connectivity index is 1.52. The molecule has 0 atom stereocenters. The lowest BCUT2D eigenvalue weighted by Crippen LogP contribution is -2.10. The molecule has 25 heavy (non-hydrogen) atoms. The van der Waals surface area contributed by atoms with Gasteiger partial charge in [-0.1, -0.05) is 23.3 Å². The van der Waals surface area contributed by atoms with Gasteiger partial charge < -0.3 is 8.83 Å². The molecule has 0 aliphatic rings. The van der Waals surface area contributed by atoms with Gasteiger partial charge in [0.2, 0.25) is 5.89 Å². The SMILES string of the molecule is CSc1ccc(-c2nnc(NC(=O)c3cc4ccccc4o3)o2)cc1. The number of para-hydroxylation sites is 1. The van der Waals surface area contributed by atoms with E-state index in [4.69, 9.17) is 8.83 Å². The van der Waals surface area contributed by atoms with Crippen LogP contribution in [-0.2, 0) is 0 Å². The van der Waals surface area contributed by atoms with E-state index in [1.165, 1.54) is 0 Å². The van der Waals surface area contributed by atoms with E-state index in [1.54, 1.807) is 23.9 Å². The molecule has 0 unspecified atom stereocenters. The Morgan fingerprint density at radius 1 is 1.04 bits per heavy atom. The molecule has 2 aromatic heterocycles. The Hall–Kier alpha value is -3.06. The molecule has 0 spiro atoms. The van der Waals surface area contributed by atoms with E-state index in [2.05, 4.69) is 15.5 Å². The van der Waals surface area contributed by atoms with E-state index >= 15 is 0 Å². The second kappa shape index (κ2) is 6.45. The average Bonchev–Trinajstić information content (AvgIpc) is 3.28. The Kier molecular flexibility index (Phi) is 3.99. The van der Waals surface area contributed by atoms with Gasteiger partial charge in [-0.15, -0.1) is 16.9 Å². The van der Waals surface area contributed by atoms with Crippen LogP contribution in [0.5, 0.6) is 0 Å². The highest BCUT2D eigenvalue weighted by atomic mass is 32.2. The number of aromatic nitrogens is 2. The number of rotatable bonds is 4. The number of benzene rings is 2. The van der Waals surface area contributed by atoms with Crippen LogP contribution >= 0.6 is 11.8 Å². The fourth-order valence-electron chi connectivity index (χ4n) is 2.38. The lowest BCUT2D eigenvalue weighted by molar-refractivity contribution is 0.0996. The van der Waals surface area contributed by atoms with Gasteiger partial charge in [0.25, 0.3) is 5.91 Å². The molecule has 0 saturated carbocycles. The minimum absolute atomic E-state index is 0.0226. The number of fused-ring (bicyclic) bond motifs is 1. The van der Waals surface area contributed by atoms with Crippen LogP contribution < -0.4 is 5.32 Å². The molecule has 6 nitrogen and oxygen atoms in total.